The summed E-state index contributed by atoms with van der Waals surface area (Å²) in [5.41, 5.74) is 0. The monoisotopic (exact) mass is 346 g/mol. The van der Waals surface area contributed by atoms with Gasteiger partial charge in [0.1, 0.15) is 0 Å². The van der Waals surface area contributed by atoms with Gasteiger partial charge in [0.05, 0.1) is 0 Å². The molecule has 0 aromatic heterocycles. The summed E-state index contributed by atoms with van der Waals surface area (Å²) in [7, 11) is 0. The summed E-state index contributed by atoms with van der Waals surface area (Å²) in [5, 5.41) is 0. The number of piperazine rings is 1. The Bertz CT molecular complexity index is 492. The highest BCUT2D eigenvalue weighted by Gasteiger charge is 2.44. The SMILES string of the molecule is O=C(CCC1CCCCC1)N1CCN(C(=O)C2CC3CCC2C3)CC1. The van der Waals surface area contributed by atoms with Gasteiger partial charge < -0.3 is 9.80 Å². The lowest BCUT2D eigenvalue weighted by Gasteiger charge is -2.37. The molecule has 3 atom stereocenters. The Morgan fingerprint density at radius 1 is 0.800 bits per heavy atom. The van der Waals surface area contributed by atoms with Gasteiger partial charge in [-0.2, -0.15) is 0 Å². The second-order valence-corrected chi connectivity index (χ2v) is 9.03. The summed E-state index contributed by atoms with van der Waals surface area (Å²) in [6.45, 7) is 3.00. The number of hydrogen-bond donors (Lipinski definition) is 0. The Labute approximate surface area is 152 Å². The quantitative estimate of drug-likeness (QED) is 0.782. The van der Waals surface area contributed by atoms with Crippen molar-refractivity contribution in [2.45, 2.75) is 70.6 Å². The number of nitrogens with zero attached hydrogens (tertiary/aromatic N) is 2. The highest BCUT2D eigenvalue weighted by Crippen LogP contribution is 2.48. The first-order valence-corrected chi connectivity index (χ1v) is 10.8. The third kappa shape index (κ3) is 3.88. The third-order valence-corrected chi connectivity index (χ3v) is 7.49. The molecule has 0 radical (unpaired) electrons. The highest BCUT2D eigenvalue weighted by molar-refractivity contribution is 5.80. The van der Waals surface area contributed by atoms with Crippen LogP contribution in [-0.2, 0) is 9.59 Å². The van der Waals surface area contributed by atoms with E-state index in [1.807, 2.05) is 4.90 Å². The second kappa shape index (κ2) is 7.67. The van der Waals surface area contributed by atoms with Gasteiger partial charge in [0.25, 0.3) is 0 Å². The van der Waals surface area contributed by atoms with E-state index in [9.17, 15) is 9.59 Å². The smallest absolute Gasteiger partial charge is 0.226 e. The van der Waals surface area contributed by atoms with Crippen molar-refractivity contribution in [1.29, 1.82) is 0 Å². The van der Waals surface area contributed by atoms with E-state index < -0.39 is 0 Å². The van der Waals surface area contributed by atoms with Crippen LogP contribution in [0.3, 0.4) is 0 Å². The van der Waals surface area contributed by atoms with Crippen LogP contribution in [0.15, 0.2) is 0 Å². The topological polar surface area (TPSA) is 40.6 Å². The fourth-order valence-corrected chi connectivity index (χ4v) is 5.92. The first kappa shape index (κ1) is 17.4. The molecule has 1 saturated heterocycles. The van der Waals surface area contributed by atoms with E-state index >= 15 is 0 Å². The zero-order valence-corrected chi connectivity index (χ0v) is 15.6. The lowest BCUT2D eigenvalue weighted by Crippen LogP contribution is -2.52. The van der Waals surface area contributed by atoms with Crippen molar-refractivity contribution >= 4 is 11.8 Å². The molecule has 4 fully saturated rings. The van der Waals surface area contributed by atoms with Crippen LogP contribution in [0.25, 0.3) is 0 Å². The maximum atomic E-state index is 12.8. The van der Waals surface area contributed by atoms with Crippen LogP contribution >= 0.6 is 0 Å². The molecule has 2 amide bonds. The van der Waals surface area contributed by atoms with E-state index in [2.05, 4.69) is 4.90 Å². The number of amides is 2. The predicted octanol–water partition coefficient (Wildman–Crippen LogP) is 3.45. The van der Waals surface area contributed by atoms with Crippen molar-refractivity contribution in [3.63, 3.8) is 0 Å². The Kier molecular flexibility index (Phi) is 5.33. The molecular formula is C21H34N2O2. The molecule has 4 heteroatoms. The van der Waals surface area contributed by atoms with Crippen molar-refractivity contribution in [1.82, 2.24) is 9.80 Å². The summed E-state index contributed by atoms with van der Waals surface area (Å²) in [6.07, 6.45) is 13.5. The third-order valence-electron chi connectivity index (χ3n) is 7.49. The molecule has 4 nitrogen and oxygen atoms in total. The number of carbonyl (C=O) groups excluding carboxylic acids is 2. The minimum atomic E-state index is 0.298. The van der Waals surface area contributed by atoms with Gasteiger partial charge in [0.15, 0.2) is 0 Å². The second-order valence-electron chi connectivity index (χ2n) is 9.03. The lowest BCUT2D eigenvalue weighted by molar-refractivity contribution is -0.143. The molecule has 0 aromatic rings. The van der Waals surface area contributed by atoms with E-state index in [1.54, 1.807) is 0 Å². The zero-order chi connectivity index (χ0) is 17.2. The average Bonchev–Trinajstić information content (AvgIpc) is 3.30. The van der Waals surface area contributed by atoms with Crippen LogP contribution in [0.2, 0.25) is 0 Å². The van der Waals surface area contributed by atoms with E-state index in [4.69, 9.17) is 0 Å². The number of hydrogen-bond acceptors (Lipinski definition) is 2. The minimum absolute atomic E-state index is 0.298. The van der Waals surface area contributed by atoms with Gasteiger partial charge in [-0.3, -0.25) is 9.59 Å². The molecule has 3 unspecified atom stereocenters. The van der Waals surface area contributed by atoms with Crippen molar-refractivity contribution in [3.8, 4) is 0 Å². The van der Waals surface area contributed by atoms with Crippen molar-refractivity contribution in [3.05, 3.63) is 0 Å². The summed E-state index contributed by atoms with van der Waals surface area (Å²) in [4.78, 5) is 29.4. The van der Waals surface area contributed by atoms with Crippen LogP contribution in [-0.4, -0.2) is 47.8 Å². The molecule has 0 N–H and O–H groups in total. The highest BCUT2D eigenvalue weighted by atomic mass is 16.2. The Hall–Kier alpha value is -1.06. The van der Waals surface area contributed by atoms with E-state index in [1.165, 1.54) is 51.4 Å². The van der Waals surface area contributed by atoms with E-state index in [-0.39, 0.29) is 0 Å². The molecule has 3 aliphatic carbocycles. The average molecular weight is 347 g/mol. The molecule has 25 heavy (non-hydrogen) atoms. The Morgan fingerprint density at radius 3 is 2.16 bits per heavy atom. The molecule has 2 bridgehead atoms. The fraction of sp³-hybridized carbons (Fsp3) is 0.905. The molecule has 0 spiro atoms. The summed E-state index contributed by atoms with van der Waals surface area (Å²) in [5.74, 6) is 3.26. The van der Waals surface area contributed by atoms with E-state index in [0.717, 1.165) is 50.9 Å². The molecule has 1 aliphatic heterocycles. The number of carbonyl (C=O) groups is 2. The van der Waals surface area contributed by atoms with Crippen molar-refractivity contribution in [2.24, 2.45) is 23.7 Å². The molecular weight excluding hydrogens is 312 g/mol. The molecule has 0 aromatic carbocycles. The largest absolute Gasteiger partial charge is 0.339 e. The standard InChI is InChI=1S/C21H34N2O2/c24-20(9-7-16-4-2-1-3-5-16)22-10-12-23(13-11-22)21(25)19-15-17-6-8-18(19)14-17/h16-19H,1-15H2. The molecule has 140 valence electrons. The maximum Gasteiger partial charge on any atom is 0.226 e. The lowest BCUT2D eigenvalue weighted by atomic mass is 9.86. The Morgan fingerprint density at radius 2 is 1.52 bits per heavy atom. The summed E-state index contributed by atoms with van der Waals surface area (Å²) < 4.78 is 0. The molecule has 3 saturated carbocycles. The van der Waals surface area contributed by atoms with Crippen LogP contribution in [0.1, 0.15) is 70.6 Å². The summed E-state index contributed by atoms with van der Waals surface area (Å²) >= 11 is 0. The van der Waals surface area contributed by atoms with Gasteiger partial charge in [0, 0.05) is 38.5 Å². The maximum absolute atomic E-state index is 12.8. The van der Waals surface area contributed by atoms with Crippen LogP contribution in [0, 0.1) is 23.7 Å². The first-order chi connectivity index (χ1) is 12.2. The molecule has 4 rings (SSSR count). The fourth-order valence-electron chi connectivity index (χ4n) is 5.92. The zero-order valence-electron chi connectivity index (χ0n) is 15.6. The van der Waals surface area contributed by atoms with Gasteiger partial charge in [-0.1, -0.05) is 38.5 Å². The minimum Gasteiger partial charge on any atom is -0.339 e. The number of rotatable bonds is 4. The van der Waals surface area contributed by atoms with Crippen LogP contribution in [0.5, 0.6) is 0 Å². The predicted molar refractivity (Wildman–Crippen MR) is 97.9 cm³/mol. The molecule has 1 heterocycles. The number of fused-ring (bicyclic) bond motifs is 2. The van der Waals surface area contributed by atoms with Gasteiger partial charge in [-0.25, -0.2) is 0 Å². The van der Waals surface area contributed by atoms with Crippen LogP contribution in [0.4, 0.5) is 0 Å². The van der Waals surface area contributed by atoms with Gasteiger partial charge in [-0.05, 0) is 43.4 Å². The van der Waals surface area contributed by atoms with E-state index in [0.29, 0.717) is 30.1 Å². The Balaban J connectivity index is 1.20. The van der Waals surface area contributed by atoms with Crippen LogP contribution < -0.4 is 0 Å². The van der Waals surface area contributed by atoms with Crippen molar-refractivity contribution in [2.75, 3.05) is 26.2 Å². The summed E-state index contributed by atoms with van der Waals surface area (Å²) in [6, 6.07) is 0. The van der Waals surface area contributed by atoms with Gasteiger partial charge >= 0.3 is 0 Å². The van der Waals surface area contributed by atoms with Gasteiger partial charge in [-0.15, -0.1) is 0 Å². The first-order valence-electron chi connectivity index (χ1n) is 10.8. The van der Waals surface area contributed by atoms with Crippen molar-refractivity contribution < 1.29 is 9.59 Å². The van der Waals surface area contributed by atoms with Gasteiger partial charge in [0.2, 0.25) is 11.8 Å². The normalized spacial score (nSPS) is 33.0. The molecule has 4 aliphatic rings.